The van der Waals surface area contributed by atoms with E-state index in [1.165, 1.54) is 5.52 Å². The van der Waals surface area contributed by atoms with E-state index in [4.69, 9.17) is 28.2 Å². The second kappa shape index (κ2) is 6.36. The van der Waals surface area contributed by atoms with Crippen LogP contribution in [0.2, 0.25) is 5.02 Å². The summed E-state index contributed by atoms with van der Waals surface area (Å²) in [5.41, 5.74) is 2.25. The lowest BCUT2D eigenvalue weighted by molar-refractivity contribution is 0.251. The fourth-order valence-corrected chi connectivity index (χ4v) is 3.44. The van der Waals surface area contributed by atoms with Crippen molar-refractivity contribution in [1.29, 1.82) is 0 Å². The van der Waals surface area contributed by atoms with Crippen LogP contribution in [0.1, 0.15) is 45.9 Å². The molecule has 20 heavy (non-hydrogen) atoms. The Balaban J connectivity index is 2.73. The molecule has 1 aromatic heterocycles. The summed E-state index contributed by atoms with van der Waals surface area (Å²) < 4.78 is 2.40. The Bertz CT molecular complexity index is 577. The monoisotopic (exact) mass is 312 g/mol. The van der Waals surface area contributed by atoms with Crippen molar-refractivity contribution >= 4 is 34.2 Å². The summed E-state index contributed by atoms with van der Waals surface area (Å²) >= 11 is 12.1. The van der Waals surface area contributed by atoms with Crippen molar-refractivity contribution in [2.24, 2.45) is 0 Å². The van der Waals surface area contributed by atoms with Crippen LogP contribution >= 0.6 is 23.2 Å². The first-order chi connectivity index (χ1) is 9.61. The molecule has 0 aliphatic heterocycles. The molecule has 0 N–H and O–H groups in total. The topological polar surface area (TPSA) is 17.8 Å². The number of rotatable bonds is 6. The van der Waals surface area contributed by atoms with E-state index >= 15 is 0 Å². The largest absolute Gasteiger partial charge is 0.322 e. The van der Waals surface area contributed by atoms with Gasteiger partial charge in [0, 0.05) is 22.9 Å². The van der Waals surface area contributed by atoms with Gasteiger partial charge in [-0.15, -0.1) is 11.6 Å². The molecule has 4 heteroatoms. The van der Waals surface area contributed by atoms with Crippen LogP contribution in [0.4, 0.5) is 0 Å². The third-order valence-electron chi connectivity index (χ3n) is 4.45. The molecule has 0 amide bonds. The molecule has 110 valence electrons. The molecule has 0 atom stereocenters. The van der Waals surface area contributed by atoms with E-state index in [2.05, 4.69) is 31.4 Å². The van der Waals surface area contributed by atoms with Gasteiger partial charge in [-0.25, -0.2) is 4.98 Å². The van der Waals surface area contributed by atoms with Crippen LogP contribution in [-0.4, -0.2) is 15.4 Å². The first-order valence-corrected chi connectivity index (χ1v) is 8.26. The molecule has 0 saturated heterocycles. The molecule has 0 fully saturated rings. The lowest BCUT2D eigenvalue weighted by Crippen LogP contribution is -2.33. The molecule has 2 aromatic rings. The molecule has 2 rings (SSSR count). The second-order valence-corrected chi connectivity index (χ2v) is 6.03. The van der Waals surface area contributed by atoms with E-state index < -0.39 is 0 Å². The van der Waals surface area contributed by atoms with Gasteiger partial charge < -0.3 is 4.57 Å². The molecule has 0 bridgehead atoms. The maximum atomic E-state index is 6.10. The van der Waals surface area contributed by atoms with Gasteiger partial charge in [0.1, 0.15) is 5.82 Å². The fraction of sp³-hybridized carbons (Fsp3) is 0.562. The third-order valence-corrected chi connectivity index (χ3v) is 4.88. The van der Waals surface area contributed by atoms with Crippen molar-refractivity contribution < 1.29 is 0 Å². The Labute approximate surface area is 131 Å². The molecule has 1 aromatic carbocycles. The van der Waals surface area contributed by atoms with Gasteiger partial charge in [0.05, 0.1) is 11.0 Å². The number of imidazole rings is 1. The molecule has 0 unspecified atom stereocenters. The van der Waals surface area contributed by atoms with Gasteiger partial charge in [-0.1, -0.05) is 32.4 Å². The minimum absolute atomic E-state index is 0.115. The lowest BCUT2D eigenvalue weighted by atomic mass is 9.89. The predicted octanol–water partition coefficient (Wildman–Crippen LogP) is 5.40. The second-order valence-electron chi connectivity index (χ2n) is 5.22. The van der Waals surface area contributed by atoms with Crippen LogP contribution in [0.3, 0.4) is 0 Å². The van der Waals surface area contributed by atoms with E-state index in [1.807, 2.05) is 12.1 Å². The van der Waals surface area contributed by atoms with E-state index in [0.717, 1.165) is 42.0 Å². The molecule has 0 aliphatic rings. The number of nitrogens with zero attached hydrogens (tertiary/aromatic N) is 2. The Kier molecular flexibility index (Phi) is 4.98. The van der Waals surface area contributed by atoms with Gasteiger partial charge in [0.25, 0.3) is 0 Å². The summed E-state index contributed by atoms with van der Waals surface area (Å²) in [5, 5.41) is 0.731. The van der Waals surface area contributed by atoms with Gasteiger partial charge in [0.2, 0.25) is 0 Å². The third kappa shape index (κ3) is 2.56. The van der Waals surface area contributed by atoms with Crippen LogP contribution in [-0.2, 0) is 12.0 Å². The zero-order valence-electron chi connectivity index (χ0n) is 12.4. The zero-order chi connectivity index (χ0) is 14.8. The summed E-state index contributed by atoms with van der Waals surface area (Å²) in [4.78, 5) is 4.77. The standard InChI is InChI=1S/C16H22Cl2N2/c1-4-16(5-2,6-3)20-14-8-7-12(18)11-13(14)19-15(20)9-10-17/h7-8,11H,4-6,9-10H2,1-3H3. The number of hydrogen-bond acceptors (Lipinski definition) is 1. The van der Waals surface area contributed by atoms with Crippen LogP contribution in [0.15, 0.2) is 18.2 Å². The number of aryl methyl sites for hydroxylation is 1. The van der Waals surface area contributed by atoms with Gasteiger partial charge in [0.15, 0.2) is 0 Å². The van der Waals surface area contributed by atoms with Crippen molar-refractivity contribution in [2.75, 3.05) is 5.88 Å². The van der Waals surface area contributed by atoms with Crippen molar-refractivity contribution in [1.82, 2.24) is 9.55 Å². The van der Waals surface area contributed by atoms with Crippen LogP contribution in [0.25, 0.3) is 11.0 Å². The summed E-state index contributed by atoms with van der Waals surface area (Å²) in [5.74, 6) is 1.66. The number of alkyl halides is 1. The molecule has 2 nitrogen and oxygen atoms in total. The molecular formula is C16H22Cl2N2. The first kappa shape index (κ1) is 15.7. The molecule has 0 radical (unpaired) electrons. The number of halogens is 2. The minimum atomic E-state index is 0.115. The molecule has 1 heterocycles. The number of hydrogen-bond donors (Lipinski definition) is 0. The predicted molar refractivity (Wildman–Crippen MR) is 88.0 cm³/mol. The molecular weight excluding hydrogens is 291 g/mol. The summed E-state index contributed by atoms with van der Waals surface area (Å²) in [7, 11) is 0. The summed E-state index contributed by atoms with van der Waals surface area (Å²) in [6.07, 6.45) is 4.05. The lowest BCUT2D eigenvalue weighted by Gasteiger charge is -2.34. The van der Waals surface area contributed by atoms with Gasteiger partial charge >= 0.3 is 0 Å². The Morgan fingerprint density at radius 3 is 2.35 bits per heavy atom. The smallest absolute Gasteiger partial charge is 0.111 e. The maximum Gasteiger partial charge on any atom is 0.111 e. The average molecular weight is 313 g/mol. The van der Waals surface area contributed by atoms with E-state index in [9.17, 15) is 0 Å². The highest BCUT2D eigenvalue weighted by Crippen LogP contribution is 2.35. The zero-order valence-corrected chi connectivity index (χ0v) is 13.9. The summed E-state index contributed by atoms with van der Waals surface area (Å²) in [6, 6.07) is 5.97. The fourth-order valence-electron chi connectivity index (χ4n) is 3.11. The minimum Gasteiger partial charge on any atom is -0.322 e. The molecule has 0 aliphatic carbocycles. The van der Waals surface area contributed by atoms with E-state index in [-0.39, 0.29) is 5.54 Å². The molecule has 0 spiro atoms. The molecule has 0 saturated carbocycles. The number of benzene rings is 1. The average Bonchev–Trinajstić information content (AvgIpc) is 2.80. The van der Waals surface area contributed by atoms with E-state index in [0.29, 0.717) is 5.88 Å². The SMILES string of the molecule is CCC(CC)(CC)n1c(CCCl)nc2cc(Cl)ccc21. The Morgan fingerprint density at radius 1 is 1.15 bits per heavy atom. The van der Waals surface area contributed by atoms with Gasteiger partial charge in [-0.3, -0.25) is 0 Å². The Morgan fingerprint density at radius 2 is 1.80 bits per heavy atom. The highest BCUT2D eigenvalue weighted by Gasteiger charge is 2.30. The number of aromatic nitrogens is 2. The maximum absolute atomic E-state index is 6.10. The van der Waals surface area contributed by atoms with Crippen molar-refractivity contribution in [2.45, 2.75) is 52.0 Å². The summed E-state index contributed by atoms with van der Waals surface area (Å²) in [6.45, 7) is 6.75. The van der Waals surface area contributed by atoms with Gasteiger partial charge in [-0.05, 0) is 37.5 Å². The quantitative estimate of drug-likeness (QED) is 0.653. The highest BCUT2D eigenvalue weighted by atomic mass is 35.5. The normalized spacial score (nSPS) is 12.2. The highest BCUT2D eigenvalue weighted by molar-refractivity contribution is 6.31. The number of fused-ring (bicyclic) bond motifs is 1. The van der Waals surface area contributed by atoms with Crippen LogP contribution in [0.5, 0.6) is 0 Å². The van der Waals surface area contributed by atoms with Crippen molar-refractivity contribution in [3.8, 4) is 0 Å². The first-order valence-electron chi connectivity index (χ1n) is 7.35. The van der Waals surface area contributed by atoms with Crippen LogP contribution in [0, 0.1) is 0 Å². The van der Waals surface area contributed by atoms with Gasteiger partial charge in [-0.2, -0.15) is 0 Å². The van der Waals surface area contributed by atoms with Crippen molar-refractivity contribution in [3.63, 3.8) is 0 Å². The van der Waals surface area contributed by atoms with E-state index in [1.54, 1.807) is 0 Å². The van der Waals surface area contributed by atoms with Crippen LogP contribution < -0.4 is 0 Å². The van der Waals surface area contributed by atoms with Crippen molar-refractivity contribution in [3.05, 3.63) is 29.0 Å². The Hall–Kier alpha value is -0.730.